The summed E-state index contributed by atoms with van der Waals surface area (Å²) in [6.07, 6.45) is 3.33. The third-order valence-electron chi connectivity index (χ3n) is 3.32. The molecular weight excluding hydrogens is 214 g/mol. The second-order valence-corrected chi connectivity index (χ2v) is 4.57. The van der Waals surface area contributed by atoms with Gasteiger partial charge in [0.15, 0.2) is 5.65 Å². The van der Waals surface area contributed by atoms with Crippen molar-refractivity contribution in [3.8, 4) is 0 Å². The minimum absolute atomic E-state index is 0.416. The minimum atomic E-state index is 0.416. The number of aromatic nitrogens is 4. The van der Waals surface area contributed by atoms with Crippen LogP contribution in [0.2, 0.25) is 0 Å². The molecule has 0 aliphatic heterocycles. The molecule has 1 unspecified atom stereocenters. The maximum Gasteiger partial charge on any atom is 0.202 e. The number of fused-ring (bicyclic) bond motifs is 1. The molecule has 2 aromatic rings. The van der Waals surface area contributed by atoms with Crippen molar-refractivity contribution in [1.82, 2.24) is 19.3 Å². The molecule has 0 aliphatic rings. The molecule has 2 aromatic heterocycles. The van der Waals surface area contributed by atoms with E-state index >= 15 is 0 Å². The highest BCUT2D eigenvalue weighted by Crippen LogP contribution is 2.28. The van der Waals surface area contributed by atoms with Gasteiger partial charge in [-0.3, -0.25) is 9.25 Å². The fraction of sp³-hybridized carbons (Fsp3) is 0.667. The zero-order valence-corrected chi connectivity index (χ0v) is 11.1. The highest BCUT2D eigenvalue weighted by atomic mass is 15.4. The number of hydrogen-bond acceptors (Lipinski definition) is 3. The molecule has 17 heavy (non-hydrogen) atoms. The number of anilines is 1. The number of aryl methyl sites for hydroxylation is 2. The Bertz CT molecular complexity index is 522. The fourth-order valence-electron chi connectivity index (χ4n) is 2.52. The van der Waals surface area contributed by atoms with Crippen LogP contribution in [-0.2, 0) is 7.05 Å². The van der Waals surface area contributed by atoms with Gasteiger partial charge in [-0.1, -0.05) is 20.3 Å². The molecule has 5 nitrogen and oxygen atoms in total. The summed E-state index contributed by atoms with van der Waals surface area (Å²) in [6, 6.07) is 0.416. The van der Waals surface area contributed by atoms with Crippen molar-refractivity contribution in [2.75, 3.05) is 5.73 Å². The molecule has 0 aromatic carbocycles. The Morgan fingerprint density at radius 1 is 1.35 bits per heavy atom. The van der Waals surface area contributed by atoms with Crippen molar-refractivity contribution in [3.63, 3.8) is 0 Å². The lowest BCUT2D eigenvalue weighted by atomic mass is 10.1. The summed E-state index contributed by atoms with van der Waals surface area (Å²) in [4.78, 5) is 4.44. The van der Waals surface area contributed by atoms with Gasteiger partial charge in [0.05, 0.1) is 5.69 Å². The van der Waals surface area contributed by atoms with Crippen molar-refractivity contribution in [2.45, 2.75) is 46.1 Å². The molecule has 0 fully saturated rings. The van der Waals surface area contributed by atoms with Crippen LogP contribution < -0.4 is 5.73 Å². The number of nitrogen functional groups attached to an aromatic ring is 1. The van der Waals surface area contributed by atoms with E-state index in [0.29, 0.717) is 12.0 Å². The standard InChI is InChI=1S/C12H21N5/c1-5-7-9(6-2)17-11-10(14-12(17)13)8(3)15-16(11)4/h9H,5-7H2,1-4H3,(H2,13,14). The van der Waals surface area contributed by atoms with E-state index < -0.39 is 0 Å². The first-order valence-corrected chi connectivity index (χ1v) is 6.27. The summed E-state index contributed by atoms with van der Waals surface area (Å²) in [5, 5.41) is 4.41. The number of nitrogens with zero attached hydrogens (tertiary/aromatic N) is 4. The summed E-state index contributed by atoms with van der Waals surface area (Å²) in [6.45, 7) is 6.36. The Morgan fingerprint density at radius 3 is 2.65 bits per heavy atom. The Balaban J connectivity index is 2.62. The third-order valence-corrected chi connectivity index (χ3v) is 3.32. The van der Waals surface area contributed by atoms with Crippen LogP contribution in [0, 0.1) is 6.92 Å². The zero-order valence-electron chi connectivity index (χ0n) is 11.1. The van der Waals surface area contributed by atoms with Gasteiger partial charge in [-0.25, -0.2) is 4.98 Å². The monoisotopic (exact) mass is 235 g/mol. The largest absolute Gasteiger partial charge is 0.369 e. The molecule has 1 atom stereocenters. The molecule has 0 radical (unpaired) electrons. The molecule has 2 heterocycles. The van der Waals surface area contributed by atoms with Crippen LogP contribution in [0.15, 0.2) is 0 Å². The summed E-state index contributed by atoms with van der Waals surface area (Å²) >= 11 is 0. The van der Waals surface area contributed by atoms with Gasteiger partial charge in [0.2, 0.25) is 5.95 Å². The SMILES string of the molecule is CCCC(CC)n1c(N)nc2c(C)nn(C)c21. The molecule has 5 heteroatoms. The van der Waals surface area contributed by atoms with Crippen molar-refractivity contribution < 1.29 is 0 Å². The average Bonchev–Trinajstić information content (AvgIpc) is 2.75. The Labute approximate surface area is 102 Å². The molecule has 0 saturated carbocycles. The molecule has 0 aliphatic carbocycles. The number of imidazole rings is 1. The van der Waals surface area contributed by atoms with Gasteiger partial charge in [0.1, 0.15) is 5.52 Å². The van der Waals surface area contributed by atoms with Gasteiger partial charge < -0.3 is 5.73 Å². The predicted molar refractivity (Wildman–Crippen MR) is 69.9 cm³/mol. The van der Waals surface area contributed by atoms with Crippen LogP contribution >= 0.6 is 0 Å². The predicted octanol–water partition coefficient (Wildman–Crippen LogP) is 2.41. The molecule has 0 spiro atoms. The Kier molecular flexibility index (Phi) is 3.09. The van der Waals surface area contributed by atoms with Crippen molar-refractivity contribution in [1.29, 1.82) is 0 Å². The van der Waals surface area contributed by atoms with E-state index in [9.17, 15) is 0 Å². The lowest BCUT2D eigenvalue weighted by molar-refractivity contribution is 0.456. The molecule has 2 rings (SSSR count). The highest BCUT2D eigenvalue weighted by molar-refractivity contribution is 5.77. The van der Waals surface area contributed by atoms with Crippen LogP contribution in [0.4, 0.5) is 5.95 Å². The van der Waals surface area contributed by atoms with Gasteiger partial charge in [-0.2, -0.15) is 5.10 Å². The molecule has 2 N–H and O–H groups in total. The molecular formula is C12H21N5. The topological polar surface area (TPSA) is 61.7 Å². The van der Waals surface area contributed by atoms with Gasteiger partial charge in [-0.05, 0) is 19.8 Å². The maximum absolute atomic E-state index is 6.05. The van der Waals surface area contributed by atoms with E-state index in [1.165, 1.54) is 0 Å². The first kappa shape index (κ1) is 12.0. The van der Waals surface area contributed by atoms with Gasteiger partial charge in [-0.15, -0.1) is 0 Å². The molecule has 94 valence electrons. The zero-order chi connectivity index (χ0) is 12.6. The van der Waals surface area contributed by atoms with E-state index in [-0.39, 0.29) is 0 Å². The summed E-state index contributed by atoms with van der Waals surface area (Å²) in [5.74, 6) is 0.608. The molecule has 0 bridgehead atoms. The second kappa shape index (κ2) is 4.39. The summed E-state index contributed by atoms with van der Waals surface area (Å²) < 4.78 is 4.02. The molecule has 0 saturated heterocycles. The fourth-order valence-corrected chi connectivity index (χ4v) is 2.52. The van der Waals surface area contributed by atoms with Gasteiger partial charge >= 0.3 is 0 Å². The Hall–Kier alpha value is -1.52. The van der Waals surface area contributed by atoms with Crippen molar-refractivity contribution in [2.24, 2.45) is 7.05 Å². The second-order valence-electron chi connectivity index (χ2n) is 4.57. The van der Waals surface area contributed by atoms with Crippen molar-refractivity contribution in [3.05, 3.63) is 5.69 Å². The third kappa shape index (κ3) is 1.79. The van der Waals surface area contributed by atoms with E-state index in [2.05, 4.69) is 28.5 Å². The number of hydrogen-bond donors (Lipinski definition) is 1. The van der Waals surface area contributed by atoms with E-state index in [1.54, 1.807) is 0 Å². The normalized spacial score (nSPS) is 13.4. The first-order valence-electron chi connectivity index (χ1n) is 6.27. The summed E-state index contributed by atoms with van der Waals surface area (Å²) in [7, 11) is 1.95. The maximum atomic E-state index is 6.05. The number of rotatable bonds is 4. The number of nitrogens with two attached hydrogens (primary N) is 1. The quantitative estimate of drug-likeness (QED) is 0.885. The van der Waals surface area contributed by atoms with E-state index in [1.807, 2.05) is 18.7 Å². The minimum Gasteiger partial charge on any atom is -0.369 e. The van der Waals surface area contributed by atoms with Crippen LogP contribution in [0.5, 0.6) is 0 Å². The van der Waals surface area contributed by atoms with Crippen molar-refractivity contribution >= 4 is 17.1 Å². The lowest BCUT2D eigenvalue weighted by Crippen LogP contribution is -2.13. The van der Waals surface area contributed by atoms with E-state index in [4.69, 9.17) is 5.73 Å². The molecule has 0 amide bonds. The smallest absolute Gasteiger partial charge is 0.202 e. The van der Waals surface area contributed by atoms with Gasteiger partial charge in [0, 0.05) is 13.1 Å². The highest BCUT2D eigenvalue weighted by Gasteiger charge is 2.20. The van der Waals surface area contributed by atoms with Crippen LogP contribution in [0.25, 0.3) is 11.2 Å². The van der Waals surface area contributed by atoms with Crippen LogP contribution in [0.1, 0.15) is 44.8 Å². The summed E-state index contributed by atoms with van der Waals surface area (Å²) in [5.41, 5.74) is 8.97. The van der Waals surface area contributed by atoms with Gasteiger partial charge in [0.25, 0.3) is 0 Å². The van der Waals surface area contributed by atoms with Crippen LogP contribution in [0.3, 0.4) is 0 Å². The average molecular weight is 235 g/mol. The van der Waals surface area contributed by atoms with E-state index in [0.717, 1.165) is 36.1 Å². The first-order chi connectivity index (χ1) is 8.10. The lowest BCUT2D eigenvalue weighted by Gasteiger charge is -2.18. The Morgan fingerprint density at radius 2 is 2.06 bits per heavy atom. The van der Waals surface area contributed by atoms with Crippen LogP contribution in [-0.4, -0.2) is 19.3 Å².